The minimum absolute atomic E-state index is 0.138. The number of benzene rings is 1. The highest BCUT2D eigenvalue weighted by Gasteiger charge is 2.25. The molecule has 1 amide bonds. The zero-order chi connectivity index (χ0) is 21.0. The quantitative estimate of drug-likeness (QED) is 0.579. The first kappa shape index (κ1) is 21.2. The van der Waals surface area contributed by atoms with Crippen LogP contribution in [0.25, 0.3) is 10.6 Å². The minimum Gasteiger partial charge on any atom is -0.352 e. The minimum atomic E-state index is -3.48. The molecular formula is C21H23N3O3S3. The van der Waals surface area contributed by atoms with Crippen molar-refractivity contribution in [2.24, 2.45) is 0 Å². The van der Waals surface area contributed by atoms with E-state index in [4.69, 9.17) is 0 Å². The fraction of sp³-hybridized carbons (Fsp3) is 0.333. The molecule has 9 heteroatoms. The Morgan fingerprint density at radius 3 is 2.73 bits per heavy atom. The fourth-order valence-electron chi connectivity index (χ4n) is 3.40. The van der Waals surface area contributed by atoms with E-state index in [-0.39, 0.29) is 23.8 Å². The van der Waals surface area contributed by atoms with Crippen LogP contribution >= 0.6 is 22.7 Å². The van der Waals surface area contributed by atoms with Crippen LogP contribution in [-0.4, -0.2) is 36.7 Å². The standard InChI is InChI=1S/C21H23N3O3S3/c25-20(12-18-15-29-21(23-18)17-7-10-28-14-17)22-13-16-5-4-6-19(11-16)30(26,27)24-8-2-1-3-9-24/h4-7,10-11,14-15H,1-3,8-9,12-13H2,(H,22,25). The molecule has 4 rings (SSSR count). The normalized spacial score (nSPS) is 15.2. The summed E-state index contributed by atoms with van der Waals surface area (Å²) in [5.74, 6) is -0.138. The van der Waals surface area contributed by atoms with E-state index >= 15 is 0 Å². The Kier molecular flexibility index (Phi) is 6.62. The maximum atomic E-state index is 12.9. The molecule has 6 nitrogen and oxygen atoms in total. The number of thiophene rings is 1. The van der Waals surface area contributed by atoms with Gasteiger partial charge in [-0.25, -0.2) is 13.4 Å². The SMILES string of the molecule is O=C(Cc1csc(-c2ccsc2)n1)NCc1cccc(S(=O)(=O)N2CCCCC2)c1. The van der Waals surface area contributed by atoms with Gasteiger partial charge in [0.2, 0.25) is 15.9 Å². The summed E-state index contributed by atoms with van der Waals surface area (Å²) in [4.78, 5) is 17.2. The van der Waals surface area contributed by atoms with E-state index in [1.807, 2.05) is 28.3 Å². The molecule has 0 atom stereocenters. The van der Waals surface area contributed by atoms with Crippen molar-refractivity contribution in [1.82, 2.24) is 14.6 Å². The summed E-state index contributed by atoms with van der Waals surface area (Å²) < 4.78 is 27.3. The summed E-state index contributed by atoms with van der Waals surface area (Å²) in [6.07, 6.45) is 3.08. The Bertz CT molecular complexity index is 1100. The van der Waals surface area contributed by atoms with Gasteiger partial charge in [-0.2, -0.15) is 15.6 Å². The number of hydrogen-bond acceptors (Lipinski definition) is 6. The lowest BCUT2D eigenvalue weighted by Crippen LogP contribution is -2.35. The summed E-state index contributed by atoms with van der Waals surface area (Å²) in [5, 5.41) is 9.72. The van der Waals surface area contributed by atoms with Crippen molar-refractivity contribution in [2.75, 3.05) is 13.1 Å². The molecule has 3 aromatic rings. The molecule has 1 aromatic carbocycles. The topological polar surface area (TPSA) is 79.4 Å². The Morgan fingerprint density at radius 2 is 1.97 bits per heavy atom. The second kappa shape index (κ2) is 9.38. The number of piperidine rings is 1. The average molecular weight is 462 g/mol. The highest BCUT2D eigenvalue weighted by Crippen LogP contribution is 2.26. The van der Waals surface area contributed by atoms with Crippen LogP contribution in [-0.2, 0) is 27.8 Å². The molecule has 1 fully saturated rings. The number of nitrogens with zero attached hydrogens (tertiary/aromatic N) is 2. The van der Waals surface area contributed by atoms with Crippen LogP contribution in [0.15, 0.2) is 51.4 Å². The van der Waals surface area contributed by atoms with E-state index in [9.17, 15) is 13.2 Å². The molecule has 158 valence electrons. The third kappa shape index (κ3) is 4.97. The van der Waals surface area contributed by atoms with Crippen molar-refractivity contribution in [3.8, 4) is 10.6 Å². The van der Waals surface area contributed by atoms with Crippen molar-refractivity contribution in [2.45, 2.75) is 37.1 Å². The van der Waals surface area contributed by atoms with E-state index in [0.29, 0.717) is 13.1 Å². The maximum absolute atomic E-state index is 12.9. The molecule has 0 saturated carbocycles. The third-order valence-electron chi connectivity index (χ3n) is 5.00. The van der Waals surface area contributed by atoms with Crippen molar-refractivity contribution in [3.05, 3.63) is 57.7 Å². The van der Waals surface area contributed by atoms with Crippen molar-refractivity contribution in [1.29, 1.82) is 0 Å². The lowest BCUT2D eigenvalue weighted by Gasteiger charge is -2.26. The molecule has 2 aromatic heterocycles. The van der Waals surface area contributed by atoms with Crippen LogP contribution < -0.4 is 5.32 Å². The van der Waals surface area contributed by atoms with E-state index in [1.54, 1.807) is 33.8 Å². The zero-order valence-corrected chi connectivity index (χ0v) is 18.9. The Hall–Kier alpha value is -2.07. The monoisotopic (exact) mass is 461 g/mol. The van der Waals surface area contributed by atoms with Gasteiger partial charge in [0.25, 0.3) is 0 Å². The molecule has 3 heterocycles. The number of thiazole rings is 1. The van der Waals surface area contributed by atoms with Gasteiger partial charge in [0.15, 0.2) is 0 Å². The van der Waals surface area contributed by atoms with Crippen LogP contribution in [0.2, 0.25) is 0 Å². The highest BCUT2D eigenvalue weighted by molar-refractivity contribution is 7.89. The van der Waals surface area contributed by atoms with Gasteiger partial charge in [-0.3, -0.25) is 4.79 Å². The molecule has 1 N–H and O–H groups in total. The lowest BCUT2D eigenvalue weighted by atomic mass is 10.2. The number of carbonyl (C=O) groups is 1. The number of aromatic nitrogens is 1. The van der Waals surface area contributed by atoms with Crippen LogP contribution in [0.5, 0.6) is 0 Å². The molecule has 30 heavy (non-hydrogen) atoms. The highest BCUT2D eigenvalue weighted by atomic mass is 32.2. The van der Waals surface area contributed by atoms with E-state index in [2.05, 4.69) is 10.3 Å². The summed E-state index contributed by atoms with van der Waals surface area (Å²) >= 11 is 3.14. The number of nitrogens with one attached hydrogen (secondary N) is 1. The first-order valence-electron chi connectivity index (χ1n) is 9.85. The van der Waals surface area contributed by atoms with Crippen molar-refractivity contribution in [3.63, 3.8) is 0 Å². The number of rotatable bonds is 7. The third-order valence-corrected chi connectivity index (χ3v) is 8.52. The molecule has 1 aliphatic heterocycles. The molecule has 0 radical (unpaired) electrons. The van der Waals surface area contributed by atoms with Gasteiger partial charge in [-0.05, 0) is 42.0 Å². The Labute approximate surface area is 184 Å². The van der Waals surface area contributed by atoms with Crippen LogP contribution in [0.3, 0.4) is 0 Å². The molecule has 1 aliphatic rings. The second-order valence-corrected chi connectivity index (χ2v) is 10.8. The second-order valence-electron chi connectivity index (χ2n) is 7.22. The summed E-state index contributed by atoms with van der Waals surface area (Å²) in [6, 6.07) is 8.84. The number of sulfonamides is 1. The molecule has 0 aliphatic carbocycles. The molecule has 1 saturated heterocycles. The van der Waals surface area contributed by atoms with Gasteiger partial charge in [0, 0.05) is 36.0 Å². The molecular weight excluding hydrogens is 438 g/mol. The van der Waals surface area contributed by atoms with Gasteiger partial charge in [0.05, 0.1) is 17.0 Å². The van der Waals surface area contributed by atoms with Crippen LogP contribution in [0, 0.1) is 0 Å². The summed E-state index contributed by atoms with van der Waals surface area (Å²) in [5.41, 5.74) is 2.57. The van der Waals surface area contributed by atoms with Gasteiger partial charge >= 0.3 is 0 Å². The number of carbonyl (C=O) groups excluding carboxylic acids is 1. The first-order chi connectivity index (χ1) is 14.5. The fourth-order valence-corrected chi connectivity index (χ4v) is 6.52. The van der Waals surface area contributed by atoms with Gasteiger partial charge < -0.3 is 5.32 Å². The molecule has 0 spiro atoms. The van der Waals surface area contributed by atoms with E-state index in [0.717, 1.165) is 41.1 Å². The first-order valence-corrected chi connectivity index (χ1v) is 13.1. The van der Waals surface area contributed by atoms with Crippen molar-refractivity contribution < 1.29 is 13.2 Å². The smallest absolute Gasteiger partial charge is 0.243 e. The van der Waals surface area contributed by atoms with Gasteiger partial charge in [-0.15, -0.1) is 11.3 Å². The van der Waals surface area contributed by atoms with Gasteiger partial charge in [-0.1, -0.05) is 18.6 Å². The largest absolute Gasteiger partial charge is 0.352 e. The van der Waals surface area contributed by atoms with Crippen LogP contribution in [0.4, 0.5) is 0 Å². The summed E-state index contributed by atoms with van der Waals surface area (Å²) in [7, 11) is -3.48. The van der Waals surface area contributed by atoms with E-state index < -0.39 is 10.0 Å². The molecule has 0 unspecified atom stereocenters. The number of hydrogen-bond donors (Lipinski definition) is 1. The van der Waals surface area contributed by atoms with Crippen molar-refractivity contribution >= 4 is 38.6 Å². The Morgan fingerprint density at radius 1 is 1.13 bits per heavy atom. The van der Waals surface area contributed by atoms with Crippen LogP contribution in [0.1, 0.15) is 30.5 Å². The number of amides is 1. The summed E-state index contributed by atoms with van der Waals surface area (Å²) in [6.45, 7) is 1.43. The van der Waals surface area contributed by atoms with Gasteiger partial charge in [0.1, 0.15) is 5.01 Å². The average Bonchev–Trinajstić information content (AvgIpc) is 3.45. The van der Waals surface area contributed by atoms with E-state index in [1.165, 1.54) is 11.3 Å². The Balaban J connectivity index is 1.36. The maximum Gasteiger partial charge on any atom is 0.243 e. The lowest BCUT2D eigenvalue weighted by molar-refractivity contribution is -0.120. The predicted octanol–water partition coefficient (Wildman–Crippen LogP) is 3.91. The predicted molar refractivity (Wildman–Crippen MR) is 120 cm³/mol. The zero-order valence-electron chi connectivity index (χ0n) is 16.4. The molecule has 0 bridgehead atoms.